The summed E-state index contributed by atoms with van der Waals surface area (Å²) in [5.74, 6) is -0.495. The maximum Gasteiger partial charge on any atom is 0.328 e. The van der Waals surface area contributed by atoms with E-state index in [2.05, 4.69) is 4.98 Å². The van der Waals surface area contributed by atoms with Gasteiger partial charge in [-0.15, -0.1) is 0 Å². The Balaban J connectivity index is 2.42. The first-order chi connectivity index (χ1) is 6.68. The van der Waals surface area contributed by atoms with Crippen molar-refractivity contribution in [3.8, 4) is 5.75 Å². The molecule has 1 N–H and O–H groups in total. The van der Waals surface area contributed by atoms with Crippen LogP contribution in [0.5, 0.6) is 5.75 Å². The molecule has 14 heavy (non-hydrogen) atoms. The first-order valence-electron chi connectivity index (χ1n) is 3.81. The number of hydrogen-bond acceptors (Lipinski definition) is 3. The molecule has 1 aromatic rings. The van der Waals surface area contributed by atoms with Gasteiger partial charge in [-0.1, -0.05) is 11.6 Å². The van der Waals surface area contributed by atoms with Gasteiger partial charge in [0.1, 0.15) is 12.4 Å². The van der Waals surface area contributed by atoms with E-state index in [-0.39, 0.29) is 6.61 Å². The summed E-state index contributed by atoms with van der Waals surface area (Å²) in [7, 11) is 0. The Bertz CT molecular complexity index is 352. The van der Waals surface area contributed by atoms with Gasteiger partial charge in [-0.3, -0.25) is 4.98 Å². The first-order valence-corrected chi connectivity index (χ1v) is 4.19. The van der Waals surface area contributed by atoms with Crippen LogP contribution in [0, 0.1) is 0 Å². The van der Waals surface area contributed by atoms with Gasteiger partial charge >= 0.3 is 5.97 Å². The van der Waals surface area contributed by atoms with Crippen molar-refractivity contribution in [3.05, 3.63) is 35.6 Å². The quantitative estimate of drug-likeness (QED) is 0.775. The fourth-order valence-corrected chi connectivity index (χ4v) is 0.928. The maximum atomic E-state index is 10.1. The van der Waals surface area contributed by atoms with Gasteiger partial charge in [-0.25, -0.2) is 4.79 Å². The first kappa shape index (κ1) is 10.5. The lowest BCUT2D eigenvalue weighted by atomic mass is 10.4. The van der Waals surface area contributed by atoms with Crippen molar-refractivity contribution in [2.45, 2.75) is 0 Å². The summed E-state index contributed by atoms with van der Waals surface area (Å²) in [5.41, 5.74) is 0. The maximum absolute atomic E-state index is 10.1. The second-order valence-electron chi connectivity index (χ2n) is 2.39. The molecular formula is C9H8ClNO3. The largest absolute Gasteiger partial charge is 0.488 e. The number of hydrogen-bond donors (Lipinski definition) is 1. The number of carboxylic acids is 1. The van der Waals surface area contributed by atoms with Gasteiger partial charge in [-0.05, 0) is 6.08 Å². The standard InChI is InChI=1S/C9H8ClNO3/c10-7-4-8(6-11-5-7)14-3-1-2-9(12)13/h1-2,4-6H,3H2,(H,12,13)/b2-1+. The highest BCUT2D eigenvalue weighted by molar-refractivity contribution is 6.30. The molecule has 0 unspecified atom stereocenters. The molecule has 0 radical (unpaired) electrons. The van der Waals surface area contributed by atoms with Crippen LogP contribution in [-0.4, -0.2) is 22.7 Å². The van der Waals surface area contributed by atoms with E-state index >= 15 is 0 Å². The van der Waals surface area contributed by atoms with Crippen LogP contribution in [0.25, 0.3) is 0 Å². The fraction of sp³-hybridized carbons (Fsp3) is 0.111. The third kappa shape index (κ3) is 3.91. The van der Waals surface area contributed by atoms with Gasteiger partial charge in [0, 0.05) is 18.3 Å². The summed E-state index contributed by atoms with van der Waals surface area (Å²) in [6.45, 7) is 0.175. The minimum absolute atomic E-state index is 0.175. The molecule has 0 saturated carbocycles. The lowest BCUT2D eigenvalue weighted by Gasteiger charge is -2.01. The number of carboxylic acid groups (broad SMARTS) is 1. The van der Waals surface area contributed by atoms with Gasteiger partial charge < -0.3 is 9.84 Å². The van der Waals surface area contributed by atoms with Crippen LogP contribution in [0.4, 0.5) is 0 Å². The lowest BCUT2D eigenvalue weighted by molar-refractivity contribution is -0.131. The molecule has 0 aromatic carbocycles. The van der Waals surface area contributed by atoms with Gasteiger partial charge in [0.05, 0.1) is 11.2 Å². The number of aromatic nitrogens is 1. The topological polar surface area (TPSA) is 59.4 Å². The van der Waals surface area contributed by atoms with Gasteiger partial charge in [0.2, 0.25) is 0 Å². The third-order valence-corrected chi connectivity index (χ3v) is 1.49. The molecule has 0 spiro atoms. The second-order valence-corrected chi connectivity index (χ2v) is 2.83. The Morgan fingerprint density at radius 3 is 3.07 bits per heavy atom. The average Bonchev–Trinajstić information content (AvgIpc) is 2.12. The van der Waals surface area contributed by atoms with Crippen molar-refractivity contribution in [3.63, 3.8) is 0 Å². The minimum atomic E-state index is -1.00. The van der Waals surface area contributed by atoms with E-state index < -0.39 is 5.97 Å². The Hall–Kier alpha value is -1.55. The van der Waals surface area contributed by atoms with Crippen LogP contribution >= 0.6 is 11.6 Å². The zero-order valence-corrected chi connectivity index (χ0v) is 7.94. The van der Waals surface area contributed by atoms with Gasteiger partial charge in [0.15, 0.2) is 0 Å². The number of aliphatic carboxylic acids is 1. The molecule has 1 aromatic heterocycles. The second kappa shape index (κ2) is 5.24. The van der Waals surface area contributed by atoms with E-state index in [1.165, 1.54) is 18.5 Å². The number of nitrogens with zero attached hydrogens (tertiary/aromatic N) is 1. The zero-order chi connectivity index (χ0) is 10.4. The summed E-state index contributed by atoms with van der Waals surface area (Å²) < 4.78 is 5.14. The smallest absolute Gasteiger partial charge is 0.328 e. The minimum Gasteiger partial charge on any atom is -0.488 e. The number of carbonyl (C=O) groups is 1. The summed E-state index contributed by atoms with van der Waals surface area (Å²) in [5, 5.41) is 8.76. The van der Waals surface area contributed by atoms with Crippen molar-refractivity contribution in [1.82, 2.24) is 4.98 Å². The molecule has 5 heteroatoms. The highest BCUT2D eigenvalue weighted by Gasteiger charge is 1.93. The van der Waals surface area contributed by atoms with Crippen LogP contribution in [-0.2, 0) is 4.79 Å². The Morgan fingerprint density at radius 1 is 1.64 bits per heavy atom. The van der Waals surface area contributed by atoms with Crippen LogP contribution in [0.1, 0.15) is 0 Å². The highest BCUT2D eigenvalue weighted by Crippen LogP contribution is 2.14. The van der Waals surface area contributed by atoms with Crippen LogP contribution in [0.15, 0.2) is 30.6 Å². The molecule has 0 amide bonds. The molecule has 74 valence electrons. The Kier molecular flexibility index (Phi) is 3.94. The van der Waals surface area contributed by atoms with E-state index in [9.17, 15) is 4.79 Å². The molecule has 0 aliphatic rings. The monoisotopic (exact) mass is 213 g/mol. The third-order valence-electron chi connectivity index (χ3n) is 1.29. The highest BCUT2D eigenvalue weighted by atomic mass is 35.5. The molecule has 4 nitrogen and oxygen atoms in total. The molecule has 0 atom stereocenters. The summed E-state index contributed by atoms with van der Waals surface area (Å²) in [6, 6.07) is 1.60. The van der Waals surface area contributed by atoms with Crippen LogP contribution in [0.2, 0.25) is 5.02 Å². The van der Waals surface area contributed by atoms with E-state index in [0.29, 0.717) is 10.8 Å². The van der Waals surface area contributed by atoms with Gasteiger partial charge in [-0.2, -0.15) is 0 Å². The predicted molar refractivity (Wildman–Crippen MR) is 51.5 cm³/mol. The number of pyridine rings is 1. The molecular weight excluding hydrogens is 206 g/mol. The fourth-order valence-electron chi connectivity index (χ4n) is 0.765. The van der Waals surface area contributed by atoms with Crippen LogP contribution in [0.3, 0.4) is 0 Å². The number of halogens is 1. The molecule has 1 heterocycles. The van der Waals surface area contributed by atoms with E-state index in [4.69, 9.17) is 21.4 Å². The SMILES string of the molecule is O=C(O)/C=C/COc1cncc(Cl)c1. The van der Waals surface area contributed by atoms with E-state index in [1.807, 2.05) is 0 Å². The van der Waals surface area contributed by atoms with Crippen molar-refractivity contribution < 1.29 is 14.6 Å². The summed E-state index contributed by atoms with van der Waals surface area (Å²) >= 11 is 5.65. The summed E-state index contributed by atoms with van der Waals surface area (Å²) in [4.78, 5) is 13.9. The molecule has 0 fully saturated rings. The Morgan fingerprint density at radius 2 is 2.43 bits per heavy atom. The number of ether oxygens (including phenoxy) is 1. The Labute approximate surface area is 85.8 Å². The lowest BCUT2D eigenvalue weighted by Crippen LogP contribution is -1.95. The number of rotatable bonds is 4. The average molecular weight is 214 g/mol. The molecule has 0 bridgehead atoms. The molecule has 0 aliphatic heterocycles. The van der Waals surface area contributed by atoms with Crippen molar-refractivity contribution in [2.24, 2.45) is 0 Å². The molecule has 0 saturated heterocycles. The van der Waals surface area contributed by atoms with Gasteiger partial charge in [0.25, 0.3) is 0 Å². The zero-order valence-electron chi connectivity index (χ0n) is 7.18. The van der Waals surface area contributed by atoms with E-state index in [1.54, 1.807) is 6.07 Å². The van der Waals surface area contributed by atoms with Crippen molar-refractivity contribution in [1.29, 1.82) is 0 Å². The summed E-state index contributed by atoms with van der Waals surface area (Å²) in [6.07, 6.45) is 5.39. The van der Waals surface area contributed by atoms with Crippen molar-refractivity contribution in [2.75, 3.05) is 6.61 Å². The predicted octanol–water partition coefficient (Wildman–Crippen LogP) is 1.75. The molecule has 1 rings (SSSR count). The van der Waals surface area contributed by atoms with E-state index in [0.717, 1.165) is 6.08 Å². The van der Waals surface area contributed by atoms with Crippen molar-refractivity contribution >= 4 is 17.6 Å². The molecule has 0 aliphatic carbocycles. The van der Waals surface area contributed by atoms with Crippen LogP contribution < -0.4 is 4.74 Å². The normalized spacial score (nSPS) is 10.4.